The minimum atomic E-state index is -0.259. The molecule has 132 valence electrons. The van der Waals surface area contributed by atoms with E-state index < -0.39 is 0 Å². The molecule has 1 aromatic rings. The van der Waals surface area contributed by atoms with Crippen molar-refractivity contribution >= 4 is 18.4 Å². The summed E-state index contributed by atoms with van der Waals surface area (Å²) >= 11 is 0. The maximum Gasteiger partial charge on any atom is 0.317 e. The van der Waals surface area contributed by atoms with Crippen molar-refractivity contribution in [3.63, 3.8) is 0 Å². The summed E-state index contributed by atoms with van der Waals surface area (Å²) in [5.74, 6) is 2.32. The fourth-order valence-electron chi connectivity index (χ4n) is 4.78. The molecule has 1 saturated carbocycles. The molecule has 5 heteroatoms. The number of hydrogen-bond acceptors (Lipinski definition) is 4. The molecule has 1 aromatic carbocycles. The first-order valence-corrected chi connectivity index (χ1v) is 8.80. The van der Waals surface area contributed by atoms with Gasteiger partial charge >= 0.3 is 5.97 Å². The van der Waals surface area contributed by atoms with Crippen molar-refractivity contribution in [3.8, 4) is 11.5 Å². The summed E-state index contributed by atoms with van der Waals surface area (Å²) in [7, 11) is 1.61. The van der Waals surface area contributed by atoms with Crippen molar-refractivity contribution in [2.24, 2.45) is 17.3 Å². The molecular formula is C19H26ClNO3. The number of benzene rings is 1. The van der Waals surface area contributed by atoms with E-state index in [0.717, 1.165) is 25.8 Å². The van der Waals surface area contributed by atoms with Crippen LogP contribution in [0.3, 0.4) is 0 Å². The second-order valence-corrected chi connectivity index (χ2v) is 7.29. The van der Waals surface area contributed by atoms with Gasteiger partial charge in [-0.25, -0.2) is 0 Å². The average Bonchev–Trinajstić information content (AvgIpc) is 2.55. The van der Waals surface area contributed by atoms with Crippen molar-refractivity contribution in [2.45, 2.75) is 32.1 Å². The van der Waals surface area contributed by atoms with Gasteiger partial charge in [-0.2, -0.15) is 0 Å². The summed E-state index contributed by atoms with van der Waals surface area (Å²) in [6, 6.07) is 7.43. The van der Waals surface area contributed by atoms with Crippen LogP contribution in [0, 0.1) is 17.3 Å². The van der Waals surface area contributed by atoms with Gasteiger partial charge in [0.2, 0.25) is 0 Å². The Morgan fingerprint density at radius 1 is 1.17 bits per heavy atom. The minimum absolute atomic E-state index is 0. The maximum absolute atomic E-state index is 13.1. The van der Waals surface area contributed by atoms with Crippen LogP contribution in [-0.2, 0) is 4.79 Å². The second kappa shape index (κ2) is 6.93. The number of carbonyl (C=O) groups excluding carboxylic acids is 1. The fourth-order valence-corrected chi connectivity index (χ4v) is 4.78. The number of halogens is 1. The van der Waals surface area contributed by atoms with E-state index in [0.29, 0.717) is 23.3 Å². The van der Waals surface area contributed by atoms with Gasteiger partial charge in [0.05, 0.1) is 12.5 Å². The lowest BCUT2D eigenvalue weighted by Crippen LogP contribution is -2.58. The van der Waals surface area contributed by atoms with Crippen LogP contribution in [0.15, 0.2) is 24.3 Å². The van der Waals surface area contributed by atoms with Crippen LogP contribution in [0.4, 0.5) is 0 Å². The Morgan fingerprint density at radius 2 is 1.83 bits per heavy atom. The van der Waals surface area contributed by atoms with Crippen LogP contribution in [-0.4, -0.2) is 37.6 Å². The molecule has 4 nitrogen and oxygen atoms in total. The Hall–Kier alpha value is -1.26. The van der Waals surface area contributed by atoms with Gasteiger partial charge in [0, 0.05) is 6.54 Å². The van der Waals surface area contributed by atoms with Gasteiger partial charge in [-0.1, -0.05) is 18.6 Å². The highest BCUT2D eigenvalue weighted by molar-refractivity contribution is 5.85. The monoisotopic (exact) mass is 351 g/mol. The Morgan fingerprint density at radius 3 is 2.33 bits per heavy atom. The molecule has 3 saturated heterocycles. The third-order valence-electron chi connectivity index (χ3n) is 6.29. The molecule has 3 heterocycles. The number of nitrogens with zero attached hydrogens (tertiary/aromatic N) is 1. The van der Waals surface area contributed by atoms with Crippen LogP contribution in [0.25, 0.3) is 0 Å². The first-order chi connectivity index (χ1) is 11.2. The number of ether oxygens (including phenoxy) is 2. The number of fused-ring (bicyclic) bond motifs is 3. The fraction of sp³-hybridized carbons (Fsp3) is 0.632. The number of carbonyl (C=O) groups is 1. The SMILES string of the molecule is COc1ccccc1OC(=O)C1(C2CN3CCC2CC3)CCC1.Cl. The summed E-state index contributed by atoms with van der Waals surface area (Å²) in [4.78, 5) is 15.6. The van der Waals surface area contributed by atoms with Crippen LogP contribution >= 0.6 is 12.4 Å². The first kappa shape index (κ1) is 17.6. The van der Waals surface area contributed by atoms with Crippen molar-refractivity contribution in [2.75, 3.05) is 26.7 Å². The van der Waals surface area contributed by atoms with Crippen LogP contribution in [0.2, 0.25) is 0 Å². The summed E-state index contributed by atoms with van der Waals surface area (Å²) in [6.45, 7) is 3.49. The lowest BCUT2D eigenvalue weighted by atomic mass is 9.55. The summed E-state index contributed by atoms with van der Waals surface area (Å²) in [6.07, 6.45) is 5.60. The van der Waals surface area contributed by atoms with Gasteiger partial charge in [0.25, 0.3) is 0 Å². The largest absolute Gasteiger partial charge is 0.493 e. The molecule has 3 aliphatic heterocycles. The number of para-hydroxylation sites is 2. The molecule has 0 aromatic heterocycles. The minimum Gasteiger partial charge on any atom is -0.493 e. The van der Waals surface area contributed by atoms with E-state index in [2.05, 4.69) is 4.90 Å². The number of methoxy groups -OCH3 is 1. The summed E-state index contributed by atoms with van der Waals surface area (Å²) in [5.41, 5.74) is -0.259. The van der Waals surface area contributed by atoms with E-state index in [1.165, 1.54) is 25.9 Å². The van der Waals surface area contributed by atoms with Crippen molar-refractivity contribution in [3.05, 3.63) is 24.3 Å². The molecule has 4 aliphatic rings. The molecule has 1 atom stereocenters. The third-order valence-corrected chi connectivity index (χ3v) is 6.29. The maximum atomic E-state index is 13.1. The predicted molar refractivity (Wildman–Crippen MR) is 94.8 cm³/mol. The number of hydrogen-bond donors (Lipinski definition) is 0. The zero-order valence-corrected chi connectivity index (χ0v) is 15.0. The number of rotatable bonds is 4. The summed E-state index contributed by atoms with van der Waals surface area (Å²) < 4.78 is 11.1. The van der Waals surface area contributed by atoms with Crippen LogP contribution in [0.5, 0.6) is 11.5 Å². The molecule has 1 aliphatic carbocycles. The van der Waals surface area contributed by atoms with Gasteiger partial charge < -0.3 is 14.4 Å². The van der Waals surface area contributed by atoms with Crippen LogP contribution < -0.4 is 9.47 Å². The molecule has 0 radical (unpaired) electrons. The Kier molecular flexibility index (Phi) is 5.07. The average molecular weight is 352 g/mol. The first-order valence-electron chi connectivity index (χ1n) is 8.80. The second-order valence-electron chi connectivity index (χ2n) is 7.29. The van der Waals surface area contributed by atoms with Crippen molar-refractivity contribution < 1.29 is 14.3 Å². The quantitative estimate of drug-likeness (QED) is 0.614. The molecule has 1 unspecified atom stereocenters. The molecule has 0 N–H and O–H groups in total. The Labute approximate surface area is 149 Å². The highest BCUT2D eigenvalue weighted by Crippen LogP contribution is 2.54. The predicted octanol–water partition coefficient (Wildman–Crippen LogP) is 3.53. The zero-order valence-electron chi connectivity index (χ0n) is 14.2. The van der Waals surface area contributed by atoms with Gasteiger partial charge in [-0.05, 0) is 62.7 Å². The molecule has 24 heavy (non-hydrogen) atoms. The molecule has 4 fully saturated rings. The molecule has 0 amide bonds. The topological polar surface area (TPSA) is 38.8 Å². The Balaban J connectivity index is 0.00000169. The third kappa shape index (κ3) is 2.80. The normalized spacial score (nSPS) is 30.0. The number of piperidine rings is 3. The molecule has 2 bridgehead atoms. The van der Waals surface area contributed by atoms with E-state index in [1.54, 1.807) is 7.11 Å². The number of esters is 1. The van der Waals surface area contributed by atoms with E-state index in [9.17, 15) is 4.79 Å². The molecule has 0 spiro atoms. The highest BCUT2D eigenvalue weighted by Gasteiger charge is 2.56. The lowest BCUT2D eigenvalue weighted by molar-refractivity contribution is -0.165. The van der Waals surface area contributed by atoms with Crippen molar-refractivity contribution in [1.82, 2.24) is 4.90 Å². The summed E-state index contributed by atoms with van der Waals surface area (Å²) in [5, 5.41) is 0. The zero-order chi connectivity index (χ0) is 15.9. The van der Waals surface area contributed by atoms with E-state index in [-0.39, 0.29) is 23.8 Å². The van der Waals surface area contributed by atoms with Gasteiger partial charge in [-0.3, -0.25) is 4.79 Å². The van der Waals surface area contributed by atoms with E-state index in [1.807, 2.05) is 24.3 Å². The standard InChI is InChI=1S/C19H25NO3.ClH/c1-22-16-5-2-3-6-17(16)23-18(21)19(9-4-10-19)15-13-20-11-7-14(15)8-12-20;/h2-3,5-6,14-15H,4,7-13H2,1H3;1H. The van der Waals surface area contributed by atoms with Gasteiger partial charge in [-0.15, -0.1) is 12.4 Å². The molecular weight excluding hydrogens is 326 g/mol. The van der Waals surface area contributed by atoms with Gasteiger partial charge in [0.1, 0.15) is 0 Å². The molecule has 5 rings (SSSR count). The van der Waals surface area contributed by atoms with E-state index >= 15 is 0 Å². The van der Waals surface area contributed by atoms with Gasteiger partial charge in [0.15, 0.2) is 11.5 Å². The lowest BCUT2D eigenvalue weighted by Gasteiger charge is -2.55. The van der Waals surface area contributed by atoms with Crippen molar-refractivity contribution in [1.29, 1.82) is 0 Å². The Bertz CT molecular complexity index is 594. The smallest absolute Gasteiger partial charge is 0.317 e. The highest BCUT2D eigenvalue weighted by atomic mass is 35.5. The van der Waals surface area contributed by atoms with E-state index in [4.69, 9.17) is 9.47 Å². The van der Waals surface area contributed by atoms with Crippen LogP contribution in [0.1, 0.15) is 32.1 Å².